The molecule has 1 rings (SSSR count). The number of amides is 1. The van der Waals surface area contributed by atoms with E-state index in [1.807, 2.05) is 6.07 Å². The number of carbonyl (C=O) groups excluding carboxylic acids is 1. The molecule has 1 amide bonds. The second-order valence-electron chi connectivity index (χ2n) is 4.83. The quantitative estimate of drug-likeness (QED) is 0.740. The van der Waals surface area contributed by atoms with Crippen LogP contribution in [0.2, 0.25) is 0 Å². The van der Waals surface area contributed by atoms with Gasteiger partial charge in [-0.25, -0.2) is 0 Å². The molecule has 4 heteroatoms. The van der Waals surface area contributed by atoms with Crippen molar-refractivity contribution in [3.8, 4) is 0 Å². The maximum atomic E-state index is 12.2. The molecule has 0 saturated carbocycles. The second kappa shape index (κ2) is 8.20. The van der Waals surface area contributed by atoms with Gasteiger partial charge in [0.05, 0.1) is 5.56 Å². The number of benzene rings is 1. The summed E-state index contributed by atoms with van der Waals surface area (Å²) in [7, 11) is 0. The molecule has 0 fully saturated rings. The van der Waals surface area contributed by atoms with Gasteiger partial charge in [0, 0.05) is 16.2 Å². The highest BCUT2D eigenvalue weighted by Gasteiger charge is 2.14. The minimum atomic E-state index is -0.0699. The van der Waals surface area contributed by atoms with Gasteiger partial charge in [-0.05, 0) is 31.0 Å². The van der Waals surface area contributed by atoms with Crippen molar-refractivity contribution in [2.45, 2.75) is 52.0 Å². The van der Waals surface area contributed by atoms with Crippen LogP contribution in [0.25, 0.3) is 0 Å². The van der Waals surface area contributed by atoms with Crippen molar-refractivity contribution >= 4 is 27.5 Å². The number of nitrogens with one attached hydrogen (secondary N) is 1. The van der Waals surface area contributed by atoms with Crippen molar-refractivity contribution in [2.75, 3.05) is 5.73 Å². The minimum Gasteiger partial charge on any atom is -0.398 e. The lowest BCUT2D eigenvalue weighted by Crippen LogP contribution is -2.35. The van der Waals surface area contributed by atoms with Gasteiger partial charge < -0.3 is 11.1 Å². The molecule has 1 aromatic rings. The van der Waals surface area contributed by atoms with Crippen molar-refractivity contribution in [2.24, 2.45) is 0 Å². The van der Waals surface area contributed by atoms with Crippen molar-refractivity contribution in [3.05, 3.63) is 28.2 Å². The van der Waals surface area contributed by atoms with Gasteiger partial charge in [0.25, 0.3) is 5.91 Å². The molecular formula is C15H23BrN2O. The molecule has 0 aliphatic carbocycles. The first-order valence-corrected chi connectivity index (χ1v) is 7.73. The van der Waals surface area contributed by atoms with Gasteiger partial charge in [-0.15, -0.1) is 0 Å². The highest BCUT2D eigenvalue weighted by Crippen LogP contribution is 2.19. The Labute approximate surface area is 124 Å². The van der Waals surface area contributed by atoms with Gasteiger partial charge in [-0.2, -0.15) is 0 Å². The molecule has 0 saturated heterocycles. The number of rotatable bonds is 7. The molecule has 1 aromatic carbocycles. The lowest BCUT2D eigenvalue weighted by Gasteiger charge is -2.18. The van der Waals surface area contributed by atoms with Crippen LogP contribution >= 0.6 is 15.9 Å². The Bertz CT molecular complexity index is 421. The lowest BCUT2D eigenvalue weighted by atomic mass is 10.0. The third-order valence-corrected chi connectivity index (χ3v) is 3.63. The van der Waals surface area contributed by atoms with E-state index in [9.17, 15) is 4.79 Å². The first-order valence-electron chi connectivity index (χ1n) is 6.94. The van der Waals surface area contributed by atoms with E-state index < -0.39 is 0 Å². The Morgan fingerprint density at radius 1 is 1.32 bits per heavy atom. The number of anilines is 1. The fourth-order valence-electron chi connectivity index (χ4n) is 2.09. The Balaban J connectivity index is 2.69. The number of unbranched alkanes of at least 4 members (excludes halogenated alkanes) is 1. The standard InChI is InChI=1S/C15H23BrN2O/c1-3-5-7-12(6-4-2)18-15(19)13-9-8-11(16)10-14(13)17/h8-10,12H,3-7,17H2,1-2H3,(H,18,19). The summed E-state index contributed by atoms with van der Waals surface area (Å²) in [4.78, 5) is 12.2. The van der Waals surface area contributed by atoms with E-state index >= 15 is 0 Å². The van der Waals surface area contributed by atoms with Crippen LogP contribution in [0.3, 0.4) is 0 Å². The number of nitrogens with two attached hydrogens (primary N) is 1. The number of carbonyl (C=O) groups is 1. The smallest absolute Gasteiger partial charge is 0.253 e. The van der Waals surface area contributed by atoms with E-state index in [0.29, 0.717) is 11.3 Å². The summed E-state index contributed by atoms with van der Waals surface area (Å²) in [6.45, 7) is 4.30. The molecule has 0 radical (unpaired) electrons. The third-order valence-electron chi connectivity index (χ3n) is 3.14. The SMILES string of the molecule is CCCCC(CCC)NC(=O)c1ccc(Br)cc1N. The van der Waals surface area contributed by atoms with Crippen LogP contribution in [0, 0.1) is 0 Å². The van der Waals surface area contributed by atoms with E-state index in [-0.39, 0.29) is 11.9 Å². The van der Waals surface area contributed by atoms with E-state index in [1.165, 1.54) is 0 Å². The molecule has 3 nitrogen and oxygen atoms in total. The zero-order chi connectivity index (χ0) is 14.3. The third kappa shape index (κ3) is 5.23. The minimum absolute atomic E-state index is 0.0699. The van der Waals surface area contributed by atoms with Crippen LogP contribution in [-0.4, -0.2) is 11.9 Å². The maximum absolute atomic E-state index is 12.2. The highest BCUT2D eigenvalue weighted by molar-refractivity contribution is 9.10. The molecule has 3 N–H and O–H groups in total. The molecular weight excluding hydrogens is 304 g/mol. The summed E-state index contributed by atoms with van der Waals surface area (Å²) >= 11 is 3.34. The number of hydrogen-bond donors (Lipinski definition) is 2. The van der Waals surface area contributed by atoms with Crippen molar-refractivity contribution in [3.63, 3.8) is 0 Å². The van der Waals surface area contributed by atoms with Crippen LogP contribution in [0.15, 0.2) is 22.7 Å². The number of halogens is 1. The van der Waals surface area contributed by atoms with Gasteiger partial charge in [0.2, 0.25) is 0 Å². The largest absolute Gasteiger partial charge is 0.398 e. The normalized spacial score (nSPS) is 12.2. The Morgan fingerprint density at radius 3 is 2.63 bits per heavy atom. The monoisotopic (exact) mass is 326 g/mol. The van der Waals surface area contributed by atoms with Crippen LogP contribution in [0.5, 0.6) is 0 Å². The van der Waals surface area contributed by atoms with Gasteiger partial charge in [-0.1, -0.05) is 49.0 Å². The number of hydrogen-bond acceptors (Lipinski definition) is 2. The molecule has 0 aliphatic rings. The van der Waals surface area contributed by atoms with E-state index in [1.54, 1.807) is 12.1 Å². The summed E-state index contributed by atoms with van der Waals surface area (Å²) < 4.78 is 0.887. The molecule has 19 heavy (non-hydrogen) atoms. The zero-order valence-electron chi connectivity index (χ0n) is 11.7. The van der Waals surface area contributed by atoms with Crippen molar-refractivity contribution in [1.29, 1.82) is 0 Å². The summed E-state index contributed by atoms with van der Waals surface area (Å²) in [6.07, 6.45) is 5.41. The Morgan fingerprint density at radius 2 is 2.05 bits per heavy atom. The lowest BCUT2D eigenvalue weighted by molar-refractivity contribution is 0.0933. The van der Waals surface area contributed by atoms with E-state index in [0.717, 1.165) is 36.6 Å². The predicted octanol–water partition coefficient (Wildman–Crippen LogP) is 4.12. The molecule has 1 unspecified atom stereocenters. The summed E-state index contributed by atoms with van der Waals surface area (Å²) in [6, 6.07) is 5.61. The second-order valence-corrected chi connectivity index (χ2v) is 5.75. The molecule has 1 atom stereocenters. The number of nitrogen functional groups attached to an aromatic ring is 1. The fourth-order valence-corrected chi connectivity index (χ4v) is 2.47. The molecule has 0 aliphatic heterocycles. The first-order chi connectivity index (χ1) is 9.08. The van der Waals surface area contributed by atoms with Gasteiger partial charge in [0.15, 0.2) is 0 Å². The van der Waals surface area contributed by atoms with Gasteiger partial charge in [-0.3, -0.25) is 4.79 Å². The first kappa shape index (κ1) is 16.0. The van der Waals surface area contributed by atoms with Crippen molar-refractivity contribution in [1.82, 2.24) is 5.32 Å². The average molecular weight is 327 g/mol. The summed E-state index contributed by atoms with van der Waals surface area (Å²) in [5.74, 6) is -0.0699. The molecule has 0 heterocycles. The Kier molecular flexibility index (Phi) is 6.92. The topological polar surface area (TPSA) is 55.1 Å². The summed E-state index contributed by atoms with van der Waals surface area (Å²) in [5, 5.41) is 3.10. The van der Waals surface area contributed by atoms with E-state index in [4.69, 9.17) is 5.73 Å². The van der Waals surface area contributed by atoms with Crippen LogP contribution in [0.1, 0.15) is 56.3 Å². The maximum Gasteiger partial charge on any atom is 0.253 e. The van der Waals surface area contributed by atoms with Gasteiger partial charge >= 0.3 is 0 Å². The molecule has 0 bridgehead atoms. The predicted molar refractivity (Wildman–Crippen MR) is 84.2 cm³/mol. The van der Waals surface area contributed by atoms with Gasteiger partial charge in [0.1, 0.15) is 0 Å². The zero-order valence-corrected chi connectivity index (χ0v) is 13.3. The summed E-state index contributed by atoms with van der Waals surface area (Å²) in [5.41, 5.74) is 6.95. The van der Waals surface area contributed by atoms with E-state index in [2.05, 4.69) is 35.1 Å². The van der Waals surface area contributed by atoms with Crippen LogP contribution < -0.4 is 11.1 Å². The fraction of sp³-hybridized carbons (Fsp3) is 0.533. The highest BCUT2D eigenvalue weighted by atomic mass is 79.9. The van der Waals surface area contributed by atoms with Crippen molar-refractivity contribution < 1.29 is 4.79 Å². The average Bonchev–Trinajstić information content (AvgIpc) is 2.36. The Hall–Kier alpha value is -1.03. The molecule has 106 valence electrons. The van der Waals surface area contributed by atoms with Crippen LogP contribution in [0.4, 0.5) is 5.69 Å². The van der Waals surface area contributed by atoms with Crippen LogP contribution in [-0.2, 0) is 0 Å². The molecule has 0 spiro atoms. The molecule has 0 aromatic heterocycles.